The molecule has 26 heavy (non-hydrogen) atoms. The average molecular weight is 391 g/mol. The molecule has 1 N–H and O–H groups in total. The Bertz CT molecular complexity index is 956. The first-order chi connectivity index (χ1) is 12.4. The second kappa shape index (κ2) is 7.19. The summed E-state index contributed by atoms with van der Waals surface area (Å²) in [6.45, 7) is 0. The summed E-state index contributed by atoms with van der Waals surface area (Å²) in [4.78, 5) is 37.9. The fourth-order valence-electron chi connectivity index (χ4n) is 2.45. The Balaban J connectivity index is 2.03. The highest BCUT2D eigenvalue weighted by Gasteiger charge is 2.37. The maximum atomic E-state index is 12.8. The molecular weight excluding hydrogens is 379 g/mol. The van der Waals surface area contributed by atoms with Gasteiger partial charge in [-0.05, 0) is 35.9 Å². The number of methoxy groups -OCH3 is 1. The van der Waals surface area contributed by atoms with Crippen molar-refractivity contribution in [2.24, 2.45) is 0 Å². The largest absolute Gasteiger partial charge is 0.495 e. The number of nitrogens with one attached hydrogen (secondary N) is 1. The SMILES string of the molecule is COc1ccc(/C=C2\C(=O)NC(=O)N(c3ccccc3Cl)C2=O)cc1Cl. The van der Waals surface area contributed by atoms with Crippen LogP contribution in [0.4, 0.5) is 10.5 Å². The van der Waals surface area contributed by atoms with Crippen molar-refractivity contribution in [3.63, 3.8) is 0 Å². The summed E-state index contributed by atoms with van der Waals surface area (Å²) in [5.41, 5.74) is 0.469. The molecule has 1 saturated heterocycles. The zero-order valence-electron chi connectivity index (χ0n) is 13.5. The molecule has 0 spiro atoms. The molecule has 1 heterocycles. The number of barbiturate groups is 1. The highest BCUT2D eigenvalue weighted by atomic mass is 35.5. The smallest absolute Gasteiger partial charge is 0.335 e. The number of amides is 4. The van der Waals surface area contributed by atoms with Crippen molar-refractivity contribution in [2.45, 2.75) is 0 Å². The Morgan fingerprint density at radius 2 is 1.77 bits per heavy atom. The zero-order valence-corrected chi connectivity index (χ0v) is 15.0. The molecule has 8 heteroatoms. The number of para-hydroxylation sites is 1. The molecule has 6 nitrogen and oxygen atoms in total. The number of halogens is 2. The number of ether oxygens (including phenoxy) is 1. The number of nitrogens with zero attached hydrogens (tertiary/aromatic N) is 1. The molecule has 4 amide bonds. The van der Waals surface area contributed by atoms with Crippen LogP contribution in [0.25, 0.3) is 6.08 Å². The number of carbonyl (C=O) groups is 3. The quantitative estimate of drug-likeness (QED) is 0.640. The number of carbonyl (C=O) groups excluding carboxylic acids is 3. The van der Waals surface area contributed by atoms with Crippen LogP contribution in [0.3, 0.4) is 0 Å². The first-order valence-corrected chi connectivity index (χ1v) is 8.17. The van der Waals surface area contributed by atoms with Gasteiger partial charge in [-0.25, -0.2) is 9.69 Å². The Labute approximate surface area is 158 Å². The van der Waals surface area contributed by atoms with E-state index in [1.165, 1.54) is 19.3 Å². The van der Waals surface area contributed by atoms with Crippen molar-refractivity contribution >= 4 is 52.8 Å². The van der Waals surface area contributed by atoms with E-state index < -0.39 is 17.8 Å². The number of hydrogen-bond acceptors (Lipinski definition) is 4. The lowest BCUT2D eigenvalue weighted by molar-refractivity contribution is -0.122. The molecule has 0 bridgehead atoms. The van der Waals surface area contributed by atoms with E-state index in [1.54, 1.807) is 36.4 Å². The molecule has 1 fully saturated rings. The molecule has 132 valence electrons. The number of benzene rings is 2. The lowest BCUT2D eigenvalue weighted by Gasteiger charge is -2.27. The van der Waals surface area contributed by atoms with E-state index in [1.807, 2.05) is 0 Å². The molecule has 0 saturated carbocycles. The van der Waals surface area contributed by atoms with E-state index in [4.69, 9.17) is 27.9 Å². The highest BCUT2D eigenvalue weighted by Crippen LogP contribution is 2.30. The van der Waals surface area contributed by atoms with Gasteiger partial charge >= 0.3 is 6.03 Å². The molecule has 3 rings (SSSR count). The number of hydrogen-bond donors (Lipinski definition) is 1. The Morgan fingerprint density at radius 3 is 2.42 bits per heavy atom. The van der Waals surface area contributed by atoms with E-state index in [0.717, 1.165) is 4.90 Å². The summed E-state index contributed by atoms with van der Waals surface area (Å²) >= 11 is 12.1. The fourth-order valence-corrected chi connectivity index (χ4v) is 2.93. The topological polar surface area (TPSA) is 75.7 Å². The molecule has 0 radical (unpaired) electrons. The molecule has 0 unspecified atom stereocenters. The van der Waals surface area contributed by atoms with E-state index in [2.05, 4.69) is 5.32 Å². The summed E-state index contributed by atoms with van der Waals surface area (Å²) in [7, 11) is 1.48. The monoisotopic (exact) mass is 390 g/mol. The molecule has 1 aliphatic heterocycles. The van der Waals surface area contributed by atoms with Crippen molar-refractivity contribution < 1.29 is 19.1 Å². The van der Waals surface area contributed by atoms with Crippen LogP contribution in [-0.2, 0) is 9.59 Å². The van der Waals surface area contributed by atoms with Crippen molar-refractivity contribution in [3.05, 3.63) is 63.6 Å². The van der Waals surface area contributed by atoms with E-state index >= 15 is 0 Å². The van der Waals surface area contributed by atoms with Gasteiger partial charge in [0, 0.05) is 0 Å². The van der Waals surface area contributed by atoms with Gasteiger partial charge in [0.1, 0.15) is 11.3 Å². The first-order valence-electron chi connectivity index (χ1n) is 7.42. The van der Waals surface area contributed by atoms with Crippen LogP contribution in [-0.4, -0.2) is 25.0 Å². The Morgan fingerprint density at radius 1 is 1.04 bits per heavy atom. The zero-order chi connectivity index (χ0) is 18.8. The molecule has 0 atom stereocenters. The van der Waals surface area contributed by atoms with Gasteiger partial charge in [0.25, 0.3) is 11.8 Å². The van der Waals surface area contributed by atoms with Gasteiger partial charge < -0.3 is 4.74 Å². The third-order valence-electron chi connectivity index (χ3n) is 3.68. The standard InChI is InChI=1S/C18H12Cl2N2O4/c1-26-15-7-6-10(9-13(15)20)8-11-16(23)21-18(25)22(17(11)24)14-5-3-2-4-12(14)19/h2-9H,1H3,(H,21,23,25)/b11-8+. The van der Waals surface area contributed by atoms with E-state index in [9.17, 15) is 14.4 Å². The predicted molar refractivity (Wildman–Crippen MR) is 98.5 cm³/mol. The highest BCUT2D eigenvalue weighted by molar-refractivity contribution is 6.42. The number of imide groups is 2. The maximum absolute atomic E-state index is 12.8. The Hall–Kier alpha value is -2.83. The molecule has 0 aromatic heterocycles. The van der Waals surface area contributed by atoms with Crippen LogP contribution in [0.15, 0.2) is 48.0 Å². The van der Waals surface area contributed by atoms with Gasteiger partial charge in [-0.3, -0.25) is 14.9 Å². The van der Waals surface area contributed by atoms with Crippen LogP contribution < -0.4 is 15.0 Å². The summed E-state index contributed by atoms with van der Waals surface area (Å²) in [6, 6.07) is 10.3. The van der Waals surface area contributed by atoms with Gasteiger partial charge in [0.15, 0.2) is 0 Å². The third kappa shape index (κ3) is 3.29. The molecule has 0 aliphatic carbocycles. The maximum Gasteiger partial charge on any atom is 0.335 e. The van der Waals surface area contributed by atoms with Crippen molar-refractivity contribution in [1.29, 1.82) is 0 Å². The lowest BCUT2D eigenvalue weighted by atomic mass is 10.1. The third-order valence-corrected chi connectivity index (χ3v) is 4.30. The minimum Gasteiger partial charge on any atom is -0.495 e. The van der Waals surface area contributed by atoms with Crippen LogP contribution in [0.2, 0.25) is 10.0 Å². The normalized spacial score (nSPS) is 16.0. The Kier molecular flexibility index (Phi) is 4.97. The second-order valence-electron chi connectivity index (χ2n) is 5.30. The molecule has 2 aromatic carbocycles. The van der Waals surface area contributed by atoms with Crippen molar-refractivity contribution in [2.75, 3.05) is 12.0 Å². The lowest BCUT2D eigenvalue weighted by Crippen LogP contribution is -2.54. The van der Waals surface area contributed by atoms with Gasteiger partial charge in [-0.1, -0.05) is 41.4 Å². The van der Waals surface area contributed by atoms with Crippen molar-refractivity contribution in [1.82, 2.24) is 5.32 Å². The number of urea groups is 1. The van der Waals surface area contributed by atoms with E-state index in [-0.39, 0.29) is 16.3 Å². The van der Waals surface area contributed by atoms with Crippen LogP contribution in [0.1, 0.15) is 5.56 Å². The minimum absolute atomic E-state index is 0.183. The molecule has 2 aromatic rings. The van der Waals surface area contributed by atoms with Crippen LogP contribution >= 0.6 is 23.2 Å². The first kappa shape index (κ1) is 18.0. The van der Waals surface area contributed by atoms with Gasteiger partial charge in [-0.15, -0.1) is 0 Å². The molecule has 1 aliphatic rings. The average Bonchev–Trinajstić information content (AvgIpc) is 2.60. The van der Waals surface area contributed by atoms with Crippen LogP contribution in [0.5, 0.6) is 5.75 Å². The van der Waals surface area contributed by atoms with Crippen molar-refractivity contribution in [3.8, 4) is 5.75 Å². The summed E-state index contributed by atoms with van der Waals surface area (Å²) < 4.78 is 5.07. The summed E-state index contributed by atoms with van der Waals surface area (Å²) in [5, 5.41) is 2.67. The van der Waals surface area contributed by atoms with Gasteiger partial charge in [-0.2, -0.15) is 0 Å². The minimum atomic E-state index is -0.863. The molecular formula is C18H12Cl2N2O4. The fraction of sp³-hybridized carbons (Fsp3) is 0.0556. The summed E-state index contributed by atoms with van der Waals surface area (Å²) in [5.74, 6) is -1.12. The number of rotatable bonds is 3. The number of anilines is 1. The van der Waals surface area contributed by atoms with E-state index in [0.29, 0.717) is 16.3 Å². The second-order valence-corrected chi connectivity index (χ2v) is 6.12. The predicted octanol–water partition coefficient (Wildman–Crippen LogP) is 3.67. The van der Waals surface area contributed by atoms with Gasteiger partial charge in [0.2, 0.25) is 0 Å². The van der Waals surface area contributed by atoms with Gasteiger partial charge in [0.05, 0.1) is 22.8 Å². The van der Waals surface area contributed by atoms with Crippen LogP contribution in [0, 0.1) is 0 Å². The summed E-state index contributed by atoms with van der Waals surface area (Å²) in [6.07, 6.45) is 1.35.